The van der Waals surface area contributed by atoms with E-state index in [1.807, 2.05) is 31.2 Å². The Labute approximate surface area is 327 Å². The van der Waals surface area contributed by atoms with Crippen LogP contribution in [-0.2, 0) is 9.53 Å². The van der Waals surface area contributed by atoms with Crippen molar-refractivity contribution >= 4 is 40.1 Å². The fourth-order valence-corrected chi connectivity index (χ4v) is 6.53. The molecule has 0 radical (unpaired) electrons. The highest BCUT2D eigenvalue weighted by Gasteiger charge is 2.26. The van der Waals surface area contributed by atoms with Crippen molar-refractivity contribution in [3.63, 3.8) is 0 Å². The molecule has 3 aromatic rings. The molecule has 3 rings (SSSR count). The third-order valence-electron chi connectivity index (χ3n) is 9.63. The number of rotatable bonds is 28. The maximum Gasteiger partial charge on any atom is 0.328 e. The van der Waals surface area contributed by atoms with Gasteiger partial charge in [-0.15, -0.1) is 10.2 Å². The Morgan fingerprint density at radius 2 is 1.09 bits per heavy atom. The van der Waals surface area contributed by atoms with Gasteiger partial charge in [0.15, 0.2) is 0 Å². The number of carbonyl (C=O) groups is 1. The average Bonchev–Trinajstić information content (AvgIpc) is 3.20. The molecule has 1 unspecified atom stereocenters. The predicted octanol–water partition coefficient (Wildman–Crippen LogP) is 13.5. The van der Waals surface area contributed by atoms with E-state index in [9.17, 15) is 14.9 Å². The fourth-order valence-electron chi connectivity index (χ4n) is 6.53. The summed E-state index contributed by atoms with van der Waals surface area (Å²) in [5, 5.41) is 28.2. The zero-order chi connectivity index (χ0) is 39.7. The standard InChI is InChI=1S/C43H62N6O6/c1-6-9-10-11-12-13-14-15-16-17-18-19-20-21-22-23-40(43(50)55-8-3)48(7-2)36-28-24-34(25-29-36)44-46-38-32-42(54-5)39(33-41(38)53-4)47-45-35-26-30-37(31-27-35)49(51)52/h24-33,40H,6-23H2,1-5H3/b46-44?,47-45+. The normalized spacial score (nSPS) is 11.9. The van der Waals surface area contributed by atoms with Crippen LogP contribution in [0.4, 0.5) is 34.1 Å². The maximum atomic E-state index is 13.2. The number of non-ortho nitro benzene ring substituents is 1. The van der Waals surface area contributed by atoms with E-state index in [1.165, 1.54) is 122 Å². The molecule has 0 fully saturated rings. The summed E-state index contributed by atoms with van der Waals surface area (Å²) in [6, 6.07) is 16.3. The van der Waals surface area contributed by atoms with Crippen LogP contribution in [0.2, 0.25) is 0 Å². The first kappa shape index (κ1) is 44.5. The molecule has 0 saturated heterocycles. The van der Waals surface area contributed by atoms with Gasteiger partial charge in [0, 0.05) is 36.5 Å². The Hall–Kier alpha value is -4.87. The van der Waals surface area contributed by atoms with Gasteiger partial charge in [-0.25, -0.2) is 4.79 Å². The highest BCUT2D eigenvalue weighted by molar-refractivity contribution is 5.80. The van der Waals surface area contributed by atoms with Gasteiger partial charge in [0.1, 0.15) is 28.9 Å². The second kappa shape index (κ2) is 26.0. The first-order valence-corrected chi connectivity index (χ1v) is 20.2. The van der Waals surface area contributed by atoms with E-state index < -0.39 is 4.92 Å². The number of benzene rings is 3. The molecule has 0 amide bonds. The van der Waals surface area contributed by atoms with Crippen LogP contribution in [0.5, 0.6) is 11.5 Å². The minimum absolute atomic E-state index is 0.0308. The quantitative estimate of drug-likeness (QED) is 0.0236. The van der Waals surface area contributed by atoms with Gasteiger partial charge in [-0.05, 0) is 56.7 Å². The molecule has 0 bridgehead atoms. The van der Waals surface area contributed by atoms with E-state index in [0.29, 0.717) is 47.4 Å². The molecule has 0 saturated carbocycles. The van der Waals surface area contributed by atoms with E-state index in [4.69, 9.17) is 14.2 Å². The number of hydrogen-bond donors (Lipinski definition) is 0. The van der Waals surface area contributed by atoms with Gasteiger partial charge in [0.25, 0.3) is 5.69 Å². The lowest BCUT2D eigenvalue weighted by Gasteiger charge is -2.31. The number of methoxy groups -OCH3 is 2. The van der Waals surface area contributed by atoms with Gasteiger partial charge >= 0.3 is 5.97 Å². The van der Waals surface area contributed by atoms with Crippen molar-refractivity contribution in [1.29, 1.82) is 0 Å². The molecular formula is C43H62N6O6. The third kappa shape index (κ3) is 15.8. The lowest BCUT2D eigenvalue weighted by atomic mass is 10.0. The molecule has 0 N–H and O–H groups in total. The van der Waals surface area contributed by atoms with Crippen molar-refractivity contribution in [2.24, 2.45) is 20.5 Å². The Balaban J connectivity index is 1.55. The van der Waals surface area contributed by atoms with E-state index >= 15 is 0 Å². The van der Waals surface area contributed by atoms with E-state index in [0.717, 1.165) is 24.9 Å². The summed E-state index contributed by atoms with van der Waals surface area (Å²) in [4.78, 5) is 25.7. The molecule has 55 heavy (non-hydrogen) atoms. The molecule has 12 nitrogen and oxygen atoms in total. The maximum absolute atomic E-state index is 13.2. The highest BCUT2D eigenvalue weighted by atomic mass is 16.6. The smallest absolute Gasteiger partial charge is 0.328 e. The van der Waals surface area contributed by atoms with Crippen LogP contribution in [0.25, 0.3) is 0 Å². The minimum Gasteiger partial charge on any atom is -0.494 e. The van der Waals surface area contributed by atoms with Crippen LogP contribution < -0.4 is 14.4 Å². The SMILES string of the molecule is CCCCCCCCCCCCCCCCCC(C(=O)OCC)N(CC)c1ccc(N=Nc2cc(OC)c(/N=N/c3ccc([N+](=O)[O-])cc3)cc2OC)cc1. The number of azo groups is 2. The van der Waals surface area contributed by atoms with Gasteiger partial charge in [-0.1, -0.05) is 103 Å². The largest absolute Gasteiger partial charge is 0.494 e. The number of nitrogens with zero attached hydrogens (tertiary/aromatic N) is 6. The predicted molar refractivity (Wildman–Crippen MR) is 220 cm³/mol. The number of ether oxygens (including phenoxy) is 3. The fraction of sp³-hybridized carbons (Fsp3) is 0.558. The van der Waals surface area contributed by atoms with Crippen molar-refractivity contribution in [2.45, 2.75) is 130 Å². The monoisotopic (exact) mass is 758 g/mol. The number of unbranched alkanes of at least 4 members (excludes halogenated alkanes) is 14. The van der Waals surface area contributed by atoms with Gasteiger partial charge in [-0.3, -0.25) is 10.1 Å². The van der Waals surface area contributed by atoms with Crippen LogP contribution in [0.3, 0.4) is 0 Å². The molecule has 300 valence electrons. The van der Waals surface area contributed by atoms with Gasteiger partial charge in [-0.2, -0.15) is 10.2 Å². The number of nitro benzene ring substituents is 1. The Morgan fingerprint density at radius 3 is 1.49 bits per heavy atom. The number of anilines is 1. The molecule has 12 heteroatoms. The zero-order valence-electron chi connectivity index (χ0n) is 33.7. The molecule has 0 spiro atoms. The van der Waals surface area contributed by atoms with Crippen molar-refractivity contribution in [1.82, 2.24) is 0 Å². The number of esters is 1. The molecule has 1 atom stereocenters. The highest BCUT2D eigenvalue weighted by Crippen LogP contribution is 2.41. The van der Waals surface area contributed by atoms with Gasteiger partial charge in [0.2, 0.25) is 0 Å². The van der Waals surface area contributed by atoms with Crippen molar-refractivity contribution < 1.29 is 23.9 Å². The topological polar surface area (TPSA) is 141 Å². The summed E-state index contributed by atoms with van der Waals surface area (Å²) in [5.41, 5.74) is 2.77. The number of nitro groups is 1. The lowest BCUT2D eigenvalue weighted by molar-refractivity contribution is -0.384. The van der Waals surface area contributed by atoms with Crippen molar-refractivity contribution in [2.75, 3.05) is 32.3 Å². The first-order valence-electron chi connectivity index (χ1n) is 20.2. The summed E-state index contributed by atoms with van der Waals surface area (Å²) in [7, 11) is 3.03. The molecular weight excluding hydrogens is 697 g/mol. The summed E-state index contributed by atoms with van der Waals surface area (Å²) in [6.07, 6.45) is 20.3. The Morgan fingerprint density at radius 1 is 0.655 bits per heavy atom. The lowest BCUT2D eigenvalue weighted by Crippen LogP contribution is -2.42. The summed E-state index contributed by atoms with van der Waals surface area (Å²) in [5.74, 6) is 0.621. The summed E-state index contributed by atoms with van der Waals surface area (Å²) < 4.78 is 16.6. The Bertz CT molecular complexity index is 1610. The second-order valence-corrected chi connectivity index (χ2v) is 13.7. The number of carbonyl (C=O) groups excluding carboxylic acids is 1. The molecule has 0 aliphatic rings. The zero-order valence-corrected chi connectivity index (χ0v) is 33.7. The first-order chi connectivity index (χ1) is 26.8. The summed E-state index contributed by atoms with van der Waals surface area (Å²) >= 11 is 0. The van der Waals surface area contributed by atoms with Crippen molar-refractivity contribution in [3.05, 3.63) is 70.8 Å². The molecule has 0 heterocycles. The van der Waals surface area contributed by atoms with Crippen LogP contribution in [0, 0.1) is 10.1 Å². The Kier molecular flexibility index (Phi) is 21.1. The van der Waals surface area contributed by atoms with Crippen molar-refractivity contribution in [3.8, 4) is 11.5 Å². The van der Waals surface area contributed by atoms with Crippen LogP contribution in [0.1, 0.15) is 124 Å². The minimum atomic E-state index is -0.472. The van der Waals surface area contributed by atoms with E-state index in [2.05, 4.69) is 39.2 Å². The molecule has 0 aliphatic carbocycles. The van der Waals surface area contributed by atoms with Crippen LogP contribution in [0.15, 0.2) is 81.1 Å². The van der Waals surface area contributed by atoms with E-state index in [1.54, 1.807) is 12.1 Å². The summed E-state index contributed by atoms with van der Waals surface area (Å²) in [6.45, 7) is 7.19. The second-order valence-electron chi connectivity index (χ2n) is 13.7. The van der Waals surface area contributed by atoms with Gasteiger partial charge in [0.05, 0.1) is 37.1 Å². The van der Waals surface area contributed by atoms with Crippen LogP contribution in [-0.4, -0.2) is 44.3 Å². The molecule has 0 aromatic heterocycles. The van der Waals surface area contributed by atoms with E-state index in [-0.39, 0.29) is 17.7 Å². The number of hydrogen-bond acceptors (Lipinski definition) is 11. The number of likely N-dealkylation sites (N-methyl/N-ethyl adjacent to an activating group) is 1. The average molecular weight is 759 g/mol. The van der Waals surface area contributed by atoms with Crippen LogP contribution >= 0.6 is 0 Å². The molecule has 3 aromatic carbocycles. The molecule has 0 aliphatic heterocycles. The van der Waals surface area contributed by atoms with Gasteiger partial charge < -0.3 is 19.1 Å². The third-order valence-corrected chi connectivity index (χ3v) is 9.63.